The van der Waals surface area contributed by atoms with Crippen LogP contribution in [0.3, 0.4) is 0 Å². The van der Waals surface area contributed by atoms with Crippen LogP contribution in [0.4, 0.5) is 16.2 Å². The largest absolute Gasteiger partial charge is 0.478 e. The molecule has 0 aliphatic carbocycles. The van der Waals surface area contributed by atoms with Gasteiger partial charge in [0, 0.05) is 4.47 Å². The van der Waals surface area contributed by atoms with Gasteiger partial charge in [0.25, 0.3) is 0 Å². The van der Waals surface area contributed by atoms with Gasteiger partial charge in [0.05, 0.1) is 16.9 Å². The van der Waals surface area contributed by atoms with Gasteiger partial charge in [0.1, 0.15) is 0 Å². The quantitative estimate of drug-likeness (QED) is 0.902. The molecule has 0 aliphatic rings. The average molecular weight is 335 g/mol. The monoisotopic (exact) mass is 334 g/mol. The van der Waals surface area contributed by atoms with Crippen molar-refractivity contribution >= 4 is 39.3 Å². The Morgan fingerprint density at radius 1 is 1.05 bits per heavy atom. The molecular formula is C14H11BrN2O3. The number of benzene rings is 2. The zero-order chi connectivity index (χ0) is 14.7. The van der Waals surface area contributed by atoms with Crippen molar-refractivity contribution in [2.45, 2.75) is 0 Å². The molecule has 2 aromatic carbocycles. The van der Waals surface area contributed by atoms with Gasteiger partial charge in [0.15, 0.2) is 0 Å². The van der Waals surface area contributed by atoms with Gasteiger partial charge in [-0.25, -0.2) is 9.59 Å². The number of rotatable bonds is 3. The van der Waals surface area contributed by atoms with Crippen LogP contribution in [0.15, 0.2) is 53.0 Å². The predicted octanol–water partition coefficient (Wildman–Crippen LogP) is 3.36. The van der Waals surface area contributed by atoms with E-state index in [0.717, 1.165) is 4.47 Å². The van der Waals surface area contributed by atoms with Gasteiger partial charge in [-0.2, -0.15) is 0 Å². The Labute approximate surface area is 123 Å². The van der Waals surface area contributed by atoms with Crippen molar-refractivity contribution in [1.82, 2.24) is 0 Å². The molecule has 5 nitrogen and oxygen atoms in total. The number of carbonyl (C=O) groups is 2. The fraction of sp³-hybridized carbons (Fsp3) is 0. The number of hydrogen-bond acceptors (Lipinski definition) is 2. The van der Waals surface area contributed by atoms with E-state index in [1.54, 1.807) is 30.3 Å². The van der Waals surface area contributed by atoms with E-state index >= 15 is 0 Å². The number of carboxylic acid groups (broad SMARTS) is 1. The molecule has 102 valence electrons. The standard InChI is InChI=1S/C14H11BrN2O3/c15-10-4-2-6-12(8-10)17(14(16)20)11-5-1-3-9(7-11)13(18)19/h1-8H,(H2,16,20)(H,18,19). The summed E-state index contributed by atoms with van der Waals surface area (Å²) in [7, 11) is 0. The van der Waals surface area contributed by atoms with Crippen molar-refractivity contribution in [3.8, 4) is 0 Å². The summed E-state index contributed by atoms with van der Waals surface area (Å²) in [6.07, 6.45) is 0. The SMILES string of the molecule is NC(=O)N(c1cccc(Br)c1)c1cccc(C(=O)O)c1. The van der Waals surface area contributed by atoms with Crippen LogP contribution >= 0.6 is 15.9 Å². The van der Waals surface area contributed by atoms with Crippen LogP contribution in [0.1, 0.15) is 10.4 Å². The summed E-state index contributed by atoms with van der Waals surface area (Å²) < 4.78 is 0.788. The lowest BCUT2D eigenvalue weighted by molar-refractivity contribution is 0.0697. The summed E-state index contributed by atoms with van der Waals surface area (Å²) in [5.74, 6) is -1.06. The highest BCUT2D eigenvalue weighted by Gasteiger charge is 2.16. The third-order valence-corrected chi connectivity index (χ3v) is 3.13. The first-order chi connectivity index (χ1) is 9.49. The molecule has 2 rings (SSSR count). The minimum atomic E-state index is -1.06. The second kappa shape index (κ2) is 5.75. The van der Waals surface area contributed by atoms with Gasteiger partial charge < -0.3 is 10.8 Å². The first kappa shape index (κ1) is 14.1. The molecule has 6 heteroatoms. The van der Waals surface area contributed by atoms with Gasteiger partial charge >= 0.3 is 12.0 Å². The van der Waals surface area contributed by atoms with Crippen molar-refractivity contribution in [2.24, 2.45) is 5.73 Å². The molecule has 0 spiro atoms. The topological polar surface area (TPSA) is 83.6 Å². The van der Waals surface area contributed by atoms with Gasteiger partial charge in [-0.05, 0) is 36.4 Å². The van der Waals surface area contributed by atoms with Gasteiger partial charge in [-0.3, -0.25) is 4.90 Å². The fourth-order valence-electron chi connectivity index (χ4n) is 1.80. The molecule has 0 unspecified atom stereocenters. The Bertz CT molecular complexity index is 673. The van der Waals surface area contributed by atoms with Crippen LogP contribution in [0.5, 0.6) is 0 Å². The highest BCUT2D eigenvalue weighted by molar-refractivity contribution is 9.10. The maximum atomic E-state index is 11.7. The molecule has 0 atom stereocenters. The normalized spacial score (nSPS) is 10.1. The summed E-state index contributed by atoms with van der Waals surface area (Å²) in [4.78, 5) is 23.9. The van der Waals surface area contributed by atoms with Gasteiger partial charge in [-0.1, -0.05) is 28.1 Å². The molecular weight excluding hydrogens is 324 g/mol. The lowest BCUT2D eigenvalue weighted by Crippen LogP contribution is -2.31. The van der Waals surface area contributed by atoms with E-state index < -0.39 is 12.0 Å². The molecule has 0 radical (unpaired) electrons. The Hall–Kier alpha value is -2.34. The van der Waals surface area contributed by atoms with Crippen LogP contribution in [0, 0.1) is 0 Å². The molecule has 0 saturated heterocycles. The lowest BCUT2D eigenvalue weighted by Gasteiger charge is -2.21. The first-order valence-corrected chi connectivity index (χ1v) is 6.47. The van der Waals surface area contributed by atoms with Crippen LogP contribution in [-0.2, 0) is 0 Å². The number of nitrogens with two attached hydrogens (primary N) is 1. The predicted molar refractivity (Wildman–Crippen MR) is 79.3 cm³/mol. The minimum Gasteiger partial charge on any atom is -0.478 e. The molecule has 20 heavy (non-hydrogen) atoms. The highest BCUT2D eigenvalue weighted by atomic mass is 79.9. The summed E-state index contributed by atoms with van der Waals surface area (Å²) in [5.41, 5.74) is 6.44. The van der Waals surface area contributed by atoms with Crippen molar-refractivity contribution in [2.75, 3.05) is 4.90 Å². The second-order valence-electron chi connectivity index (χ2n) is 4.01. The zero-order valence-electron chi connectivity index (χ0n) is 10.3. The third-order valence-electron chi connectivity index (χ3n) is 2.64. The zero-order valence-corrected chi connectivity index (χ0v) is 11.9. The molecule has 0 aliphatic heterocycles. The highest BCUT2D eigenvalue weighted by Crippen LogP contribution is 2.28. The summed E-state index contributed by atoms with van der Waals surface area (Å²) in [5, 5.41) is 9.00. The van der Waals surface area contributed by atoms with Crippen LogP contribution in [0.2, 0.25) is 0 Å². The van der Waals surface area contributed by atoms with Crippen molar-refractivity contribution in [3.05, 3.63) is 58.6 Å². The third kappa shape index (κ3) is 2.97. The minimum absolute atomic E-state index is 0.0868. The maximum absolute atomic E-state index is 11.7. The Balaban J connectivity index is 2.52. The number of urea groups is 1. The van der Waals surface area contributed by atoms with E-state index in [2.05, 4.69) is 15.9 Å². The molecule has 2 aromatic rings. The smallest absolute Gasteiger partial charge is 0.335 e. The molecule has 0 heterocycles. The Morgan fingerprint density at radius 3 is 2.20 bits per heavy atom. The number of halogens is 1. The van der Waals surface area contributed by atoms with Crippen molar-refractivity contribution in [3.63, 3.8) is 0 Å². The first-order valence-electron chi connectivity index (χ1n) is 5.67. The molecule has 0 fully saturated rings. The lowest BCUT2D eigenvalue weighted by atomic mass is 10.1. The van der Waals surface area contributed by atoms with Crippen LogP contribution in [-0.4, -0.2) is 17.1 Å². The Morgan fingerprint density at radius 2 is 1.65 bits per heavy atom. The average Bonchev–Trinajstić information content (AvgIpc) is 2.39. The fourth-order valence-corrected chi connectivity index (χ4v) is 2.18. The number of carboxylic acids is 1. The number of nitrogens with zero attached hydrogens (tertiary/aromatic N) is 1. The number of hydrogen-bond donors (Lipinski definition) is 2. The number of carbonyl (C=O) groups excluding carboxylic acids is 1. The molecule has 2 amide bonds. The van der Waals surface area contributed by atoms with Crippen LogP contribution < -0.4 is 10.6 Å². The van der Waals surface area contributed by atoms with E-state index in [1.165, 1.54) is 17.0 Å². The number of amides is 2. The van der Waals surface area contributed by atoms with Crippen LogP contribution in [0.25, 0.3) is 0 Å². The summed E-state index contributed by atoms with van der Waals surface area (Å²) in [6, 6.07) is 12.4. The summed E-state index contributed by atoms with van der Waals surface area (Å²) >= 11 is 3.32. The molecule has 3 N–H and O–H groups in total. The van der Waals surface area contributed by atoms with E-state index in [-0.39, 0.29) is 5.56 Å². The van der Waals surface area contributed by atoms with E-state index in [1.807, 2.05) is 6.07 Å². The van der Waals surface area contributed by atoms with Gasteiger partial charge in [0.2, 0.25) is 0 Å². The molecule has 0 saturated carbocycles. The number of aromatic carboxylic acids is 1. The summed E-state index contributed by atoms with van der Waals surface area (Å²) in [6.45, 7) is 0. The maximum Gasteiger partial charge on any atom is 0.335 e. The second-order valence-corrected chi connectivity index (χ2v) is 4.92. The molecule has 0 bridgehead atoms. The Kier molecular flexibility index (Phi) is 4.05. The number of primary amides is 1. The molecule has 0 aromatic heterocycles. The van der Waals surface area contributed by atoms with Crippen molar-refractivity contribution < 1.29 is 14.7 Å². The van der Waals surface area contributed by atoms with Crippen molar-refractivity contribution in [1.29, 1.82) is 0 Å². The van der Waals surface area contributed by atoms with E-state index in [0.29, 0.717) is 11.4 Å². The number of anilines is 2. The van der Waals surface area contributed by atoms with Gasteiger partial charge in [-0.15, -0.1) is 0 Å². The van der Waals surface area contributed by atoms with E-state index in [9.17, 15) is 9.59 Å². The van der Waals surface area contributed by atoms with E-state index in [4.69, 9.17) is 10.8 Å².